The quantitative estimate of drug-likeness (QED) is 0.623. The van der Waals surface area contributed by atoms with Gasteiger partial charge in [-0.2, -0.15) is 13.2 Å². The highest BCUT2D eigenvalue weighted by Crippen LogP contribution is 2.33. The predicted octanol–water partition coefficient (Wildman–Crippen LogP) is 5.76. The first-order chi connectivity index (χ1) is 10.4. The zero-order valence-corrected chi connectivity index (χ0v) is 12.7. The topological polar surface area (TPSA) is 24.9 Å². The average molecular weight is 367 g/mol. The van der Waals surface area contributed by atoms with Crippen molar-refractivity contribution < 1.29 is 13.2 Å². The molecule has 0 bridgehead atoms. The average Bonchev–Trinajstić information content (AvgIpc) is 2.50. The molecule has 6 heteroatoms. The van der Waals surface area contributed by atoms with Gasteiger partial charge in [0.15, 0.2) is 0 Å². The highest BCUT2D eigenvalue weighted by atomic mass is 79.9. The molecule has 1 aromatic heterocycles. The van der Waals surface area contributed by atoms with Crippen molar-refractivity contribution in [1.82, 2.24) is 4.98 Å². The fraction of sp³-hybridized carbons (Fsp3) is 0.0625. The summed E-state index contributed by atoms with van der Waals surface area (Å²) in [5.41, 5.74) is -0.353. The summed E-state index contributed by atoms with van der Waals surface area (Å²) in [7, 11) is 0. The van der Waals surface area contributed by atoms with Crippen LogP contribution in [-0.4, -0.2) is 4.98 Å². The fourth-order valence-corrected chi connectivity index (χ4v) is 2.62. The van der Waals surface area contributed by atoms with E-state index in [2.05, 4.69) is 26.2 Å². The van der Waals surface area contributed by atoms with Gasteiger partial charge in [-0.1, -0.05) is 30.3 Å². The van der Waals surface area contributed by atoms with E-state index in [9.17, 15) is 13.2 Å². The molecule has 1 N–H and O–H groups in total. The lowest BCUT2D eigenvalue weighted by Gasteiger charge is -2.12. The van der Waals surface area contributed by atoms with Gasteiger partial charge < -0.3 is 5.32 Å². The molecule has 22 heavy (non-hydrogen) atoms. The number of alkyl halides is 3. The van der Waals surface area contributed by atoms with E-state index in [0.717, 1.165) is 27.4 Å². The molecule has 0 saturated carbocycles. The summed E-state index contributed by atoms with van der Waals surface area (Å²) in [6, 6.07) is 12.6. The first-order valence-electron chi connectivity index (χ1n) is 6.43. The maximum Gasteiger partial charge on any atom is 0.416 e. The number of rotatable bonds is 2. The first-order valence-corrected chi connectivity index (χ1v) is 7.22. The van der Waals surface area contributed by atoms with Crippen molar-refractivity contribution in [2.24, 2.45) is 0 Å². The highest BCUT2D eigenvalue weighted by Gasteiger charge is 2.30. The molecule has 112 valence electrons. The molecule has 0 spiro atoms. The van der Waals surface area contributed by atoms with Gasteiger partial charge in [0, 0.05) is 27.1 Å². The van der Waals surface area contributed by atoms with Crippen molar-refractivity contribution in [3.8, 4) is 0 Å². The molecular weight excluding hydrogens is 357 g/mol. The van der Waals surface area contributed by atoms with E-state index in [1.165, 1.54) is 6.07 Å². The minimum atomic E-state index is -4.37. The summed E-state index contributed by atoms with van der Waals surface area (Å²) < 4.78 is 39.1. The minimum absolute atomic E-state index is 0.342. The lowest BCUT2D eigenvalue weighted by Crippen LogP contribution is -2.05. The van der Waals surface area contributed by atoms with Crippen LogP contribution in [0.25, 0.3) is 10.8 Å². The zero-order valence-electron chi connectivity index (χ0n) is 11.2. The Kier molecular flexibility index (Phi) is 3.78. The lowest BCUT2D eigenvalue weighted by atomic mass is 10.1. The van der Waals surface area contributed by atoms with Crippen LogP contribution in [0.4, 0.5) is 24.7 Å². The number of halogens is 4. The van der Waals surface area contributed by atoms with Gasteiger partial charge in [0.2, 0.25) is 0 Å². The van der Waals surface area contributed by atoms with Gasteiger partial charge in [-0.3, -0.25) is 0 Å². The Labute approximate surface area is 133 Å². The van der Waals surface area contributed by atoms with Crippen LogP contribution >= 0.6 is 15.9 Å². The smallest absolute Gasteiger partial charge is 0.340 e. The van der Waals surface area contributed by atoms with Crippen LogP contribution in [0.3, 0.4) is 0 Å². The Balaban J connectivity index is 2.03. The van der Waals surface area contributed by atoms with Crippen molar-refractivity contribution in [1.29, 1.82) is 0 Å². The molecule has 0 amide bonds. The van der Waals surface area contributed by atoms with Crippen LogP contribution in [0.1, 0.15) is 5.56 Å². The summed E-state index contributed by atoms with van der Waals surface area (Å²) in [4.78, 5) is 4.25. The Morgan fingerprint density at radius 1 is 0.955 bits per heavy atom. The van der Waals surface area contributed by atoms with Crippen LogP contribution in [0.15, 0.2) is 59.2 Å². The van der Waals surface area contributed by atoms with Crippen molar-refractivity contribution in [3.05, 3.63) is 64.8 Å². The van der Waals surface area contributed by atoms with E-state index in [1.54, 1.807) is 12.3 Å². The maximum atomic E-state index is 12.8. The Hall–Kier alpha value is -2.08. The van der Waals surface area contributed by atoms with Crippen LogP contribution in [0, 0.1) is 0 Å². The summed E-state index contributed by atoms with van der Waals surface area (Å²) in [5.74, 6) is 0.512. The first kappa shape index (κ1) is 14.8. The molecule has 0 fully saturated rings. The third-order valence-electron chi connectivity index (χ3n) is 3.20. The second-order valence-corrected chi connectivity index (χ2v) is 5.56. The fourth-order valence-electron chi connectivity index (χ4n) is 2.17. The number of nitrogens with one attached hydrogen (secondary N) is 1. The van der Waals surface area contributed by atoms with Crippen LogP contribution < -0.4 is 5.32 Å². The molecule has 0 aliphatic rings. The summed E-state index contributed by atoms with van der Waals surface area (Å²) in [6.45, 7) is 0. The standard InChI is InChI=1S/C16H10BrF3N2/c17-14-9-21-15(13-7-2-1-6-12(13)14)22-11-5-3-4-10(8-11)16(18,19)20/h1-9H,(H,21,22). The van der Waals surface area contributed by atoms with E-state index >= 15 is 0 Å². The molecule has 3 rings (SSSR count). The highest BCUT2D eigenvalue weighted by molar-refractivity contribution is 9.10. The molecule has 0 atom stereocenters. The molecule has 0 unspecified atom stereocenters. The third-order valence-corrected chi connectivity index (χ3v) is 3.83. The summed E-state index contributed by atoms with van der Waals surface area (Å²) in [6.07, 6.45) is -2.74. The molecular formula is C16H10BrF3N2. The van der Waals surface area contributed by atoms with Crippen molar-refractivity contribution in [3.63, 3.8) is 0 Å². The number of hydrogen-bond acceptors (Lipinski definition) is 2. The van der Waals surface area contributed by atoms with Crippen LogP contribution in [-0.2, 0) is 6.18 Å². The largest absolute Gasteiger partial charge is 0.416 e. The number of benzene rings is 2. The van der Waals surface area contributed by atoms with E-state index in [0.29, 0.717) is 11.5 Å². The number of aromatic nitrogens is 1. The number of hydrogen-bond donors (Lipinski definition) is 1. The molecule has 1 heterocycles. The number of pyridine rings is 1. The number of nitrogens with zero attached hydrogens (tertiary/aromatic N) is 1. The van der Waals surface area contributed by atoms with Gasteiger partial charge >= 0.3 is 6.18 Å². The van der Waals surface area contributed by atoms with Gasteiger partial charge in [0.25, 0.3) is 0 Å². The SMILES string of the molecule is FC(F)(F)c1cccc(Nc2ncc(Br)c3ccccc23)c1. The molecule has 2 nitrogen and oxygen atoms in total. The number of fused-ring (bicyclic) bond motifs is 1. The summed E-state index contributed by atoms with van der Waals surface area (Å²) >= 11 is 3.42. The minimum Gasteiger partial charge on any atom is -0.340 e. The molecule has 0 saturated heterocycles. The van der Waals surface area contributed by atoms with E-state index in [-0.39, 0.29) is 0 Å². The number of anilines is 2. The van der Waals surface area contributed by atoms with Crippen LogP contribution in [0.2, 0.25) is 0 Å². The van der Waals surface area contributed by atoms with Crippen LogP contribution in [0.5, 0.6) is 0 Å². The Morgan fingerprint density at radius 2 is 1.68 bits per heavy atom. The normalized spacial score (nSPS) is 11.6. The molecule has 3 aromatic rings. The molecule has 0 radical (unpaired) electrons. The van der Waals surface area contributed by atoms with E-state index in [4.69, 9.17) is 0 Å². The van der Waals surface area contributed by atoms with Gasteiger partial charge in [-0.25, -0.2) is 4.98 Å². The van der Waals surface area contributed by atoms with E-state index < -0.39 is 11.7 Å². The second-order valence-electron chi connectivity index (χ2n) is 4.70. The monoisotopic (exact) mass is 366 g/mol. The van der Waals surface area contributed by atoms with Gasteiger partial charge in [-0.05, 0) is 34.1 Å². The summed E-state index contributed by atoms with van der Waals surface area (Å²) in [5, 5.41) is 4.72. The third kappa shape index (κ3) is 2.92. The second kappa shape index (κ2) is 5.61. The lowest BCUT2D eigenvalue weighted by molar-refractivity contribution is -0.137. The van der Waals surface area contributed by atoms with Gasteiger partial charge in [0.05, 0.1) is 5.56 Å². The molecule has 0 aliphatic carbocycles. The van der Waals surface area contributed by atoms with E-state index in [1.807, 2.05) is 24.3 Å². The Bertz CT molecular complexity index is 831. The predicted molar refractivity (Wildman–Crippen MR) is 84.2 cm³/mol. The van der Waals surface area contributed by atoms with Crippen molar-refractivity contribution >= 4 is 38.2 Å². The van der Waals surface area contributed by atoms with Gasteiger partial charge in [-0.15, -0.1) is 0 Å². The molecule has 2 aromatic carbocycles. The Morgan fingerprint density at radius 3 is 2.41 bits per heavy atom. The zero-order chi connectivity index (χ0) is 15.7. The molecule has 0 aliphatic heterocycles. The van der Waals surface area contributed by atoms with Gasteiger partial charge in [0.1, 0.15) is 5.82 Å². The van der Waals surface area contributed by atoms with Crippen molar-refractivity contribution in [2.75, 3.05) is 5.32 Å². The maximum absolute atomic E-state index is 12.8. The van der Waals surface area contributed by atoms with Crippen molar-refractivity contribution in [2.45, 2.75) is 6.18 Å².